The minimum atomic E-state index is -0.158. The van der Waals surface area contributed by atoms with E-state index in [2.05, 4.69) is 5.32 Å². The Hall–Kier alpha value is -0.570. The van der Waals surface area contributed by atoms with E-state index in [0.29, 0.717) is 0 Å². The zero-order valence-electron chi connectivity index (χ0n) is 7.31. The first-order valence-corrected chi connectivity index (χ1v) is 4.77. The minimum Gasteiger partial charge on any atom is -0.368 e. The standard InChI is InChI=1S/C9H16N2O/c10-8(12)7-9(5-6-11-7)3-1-2-4-9/h7,11H,1-6H2,(H2,10,12). The lowest BCUT2D eigenvalue weighted by atomic mass is 9.78. The number of carbonyl (C=O) groups excluding carboxylic acids is 1. The Morgan fingerprint density at radius 1 is 1.33 bits per heavy atom. The van der Waals surface area contributed by atoms with E-state index in [0.717, 1.165) is 13.0 Å². The lowest BCUT2D eigenvalue weighted by molar-refractivity contribution is -0.122. The predicted octanol–water partition coefficient (Wildman–Crippen LogP) is 0.394. The molecular weight excluding hydrogens is 152 g/mol. The molecule has 3 N–H and O–H groups in total. The van der Waals surface area contributed by atoms with Crippen LogP contribution >= 0.6 is 0 Å². The second-order valence-corrected chi connectivity index (χ2v) is 4.11. The smallest absolute Gasteiger partial charge is 0.235 e. The molecule has 1 aliphatic carbocycles. The molecule has 0 bridgehead atoms. The van der Waals surface area contributed by atoms with Crippen LogP contribution in [0.5, 0.6) is 0 Å². The number of hydrogen-bond acceptors (Lipinski definition) is 2. The van der Waals surface area contributed by atoms with Crippen molar-refractivity contribution in [2.45, 2.75) is 38.1 Å². The van der Waals surface area contributed by atoms with Crippen molar-refractivity contribution in [3.63, 3.8) is 0 Å². The van der Waals surface area contributed by atoms with Crippen molar-refractivity contribution in [3.05, 3.63) is 0 Å². The van der Waals surface area contributed by atoms with Gasteiger partial charge in [0.05, 0.1) is 6.04 Å². The van der Waals surface area contributed by atoms with Crippen LogP contribution in [-0.4, -0.2) is 18.5 Å². The predicted molar refractivity (Wildman–Crippen MR) is 46.5 cm³/mol. The molecule has 1 unspecified atom stereocenters. The molecule has 1 saturated heterocycles. The summed E-state index contributed by atoms with van der Waals surface area (Å²) in [7, 11) is 0. The van der Waals surface area contributed by atoms with Crippen LogP contribution in [-0.2, 0) is 4.79 Å². The summed E-state index contributed by atoms with van der Waals surface area (Å²) in [6.45, 7) is 0.966. The van der Waals surface area contributed by atoms with Crippen LogP contribution in [0.3, 0.4) is 0 Å². The van der Waals surface area contributed by atoms with Crippen LogP contribution in [0.15, 0.2) is 0 Å². The third-order valence-electron chi connectivity index (χ3n) is 3.47. The van der Waals surface area contributed by atoms with E-state index >= 15 is 0 Å². The maximum Gasteiger partial charge on any atom is 0.235 e. The van der Waals surface area contributed by atoms with Crippen molar-refractivity contribution >= 4 is 5.91 Å². The quantitative estimate of drug-likeness (QED) is 0.595. The van der Waals surface area contributed by atoms with Crippen LogP contribution in [0.2, 0.25) is 0 Å². The summed E-state index contributed by atoms with van der Waals surface area (Å²) in [6, 6.07) is -0.0417. The number of primary amides is 1. The van der Waals surface area contributed by atoms with E-state index in [1.807, 2.05) is 0 Å². The fourth-order valence-corrected chi connectivity index (χ4v) is 2.85. The van der Waals surface area contributed by atoms with Crippen molar-refractivity contribution < 1.29 is 4.79 Å². The molecule has 0 aromatic carbocycles. The van der Waals surface area contributed by atoms with Crippen molar-refractivity contribution in [2.24, 2.45) is 11.1 Å². The Bertz CT molecular complexity index is 191. The molecule has 0 radical (unpaired) electrons. The Morgan fingerprint density at radius 2 is 2.00 bits per heavy atom. The lowest BCUT2D eigenvalue weighted by Crippen LogP contribution is -2.45. The van der Waals surface area contributed by atoms with Crippen LogP contribution in [0, 0.1) is 5.41 Å². The van der Waals surface area contributed by atoms with Gasteiger partial charge >= 0.3 is 0 Å². The monoisotopic (exact) mass is 168 g/mol. The molecule has 2 aliphatic rings. The van der Waals surface area contributed by atoms with Crippen LogP contribution in [0.1, 0.15) is 32.1 Å². The largest absolute Gasteiger partial charge is 0.368 e. The van der Waals surface area contributed by atoms with Crippen molar-refractivity contribution in [2.75, 3.05) is 6.54 Å². The number of nitrogens with two attached hydrogens (primary N) is 1. The summed E-state index contributed by atoms with van der Waals surface area (Å²) >= 11 is 0. The normalized spacial score (nSPS) is 32.8. The Balaban J connectivity index is 2.17. The van der Waals surface area contributed by atoms with Crippen LogP contribution in [0.4, 0.5) is 0 Å². The van der Waals surface area contributed by atoms with Crippen molar-refractivity contribution in [3.8, 4) is 0 Å². The average molecular weight is 168 g/mol. The summed E-state index contributed by atoms with van der Waals surface area (Å²) < 4.78 is 0. The number of carbonyl (C=O) groups is 1. The molecule has 1 heterocycles. The first-order chi connectivity index (χ1) is 5.75. The Kier molecular flexibility index (Phi) is 1.83. The van der Waals surface area contributed by atoms with E-state index in [4.69, 9.17) is 5.73 Å². The molecule has 3 nitrogen and oxygen atoms in total. The van der Waals surface area contributed by atoms with Crippen molar-refractivity contribution in [1.82, 2.24) is 5.32 Å². The van der Waals surface area contributed by atoms with Gasteiger partial charge in [0.25, 0.3) is 0 Å². The van der Waals surface area contributed by atoms with E-state index in [-0.39, 0.29) is 17.4 Å². The fourth-order valence-electron chi connectivity index (χ4n) is 2.85. The highest BCUT2D eigenvalue weighted by Gasteiger charge is 2.47. The van der Waals surface area contributed by atoms with Gasteiger partial charge in [-0.3, -0.25) is 4.79 Å². The second-order valence-electron chi connectivity index (χ2n) is 4.11. The molecule has 68 valence electrons. The summed E-state index contributed by atoms with van der Waals surface area (Å²) in [5.41, 5.74) is 5.59. The summed E-state index contributed by atoms with van der Waals surface area (Å²) in [6.07, 6.45) is 6.05. The van der Waals surface area contributed by atoms with Gasteiger partial charge in [0.2, 0.25) is 5.91 Å². The van der Waals surface area contributed by atoms with Gasteiger partial charge in [0, 0.05) is 0 Å². The molecule has 12 heavy (non-hydrogen) atoms. The molecule has 1 atom stereocenters. The molecule has 0 aromatic rings. The molecule has 1 aliphatic heterocycles. The van der Waals surface area contributed by atoms with E-state index in [1.165, 1.54) is 25.7 Å². The lowest BCUT2D eigenvalue weighted by Gasteiger charge is -2.27. The first-order valence-electron chi connectivity index (χ1n) is 4.77. The number of hydrogen-bond donors (Lipinski definition) is 2. The molecule has 1 saturated carbocycles. The second kappa shape index (κ2) is 2.73. The molecule has 2 fully saturated rings. The zero-order chi connectivity index (χ0) is 8.60. The van der Waals surface area contributed by atoms with E-state index in [1.54, 1.807) is 0 Å². The SMILES string of the molecule is NC(=O)C1NCCC12CCCC2. The maximum absolute atomic E-state index is 11.1. The topological polar surface area (TPSA) is 55.1 Å². The summed E-state index contributed by atoms with van der Waals surface area (Å²) in [5, 5.41) is 3.21. The minimum absolute atomic E-state index is 0.0417. The molecule has 2 rings (SSSR count). The van der Waals surface area contributed by atoms with E-state index < -0.39 is 0 Å². The third kappa shape index (κ3) is 1.04. The van der Waals surface area contributed by atoms with Crippen LogP contribution < -0.4 is 11.1 Å². The number of rotatable bonds is 1. The van der Waals surface area contributed by atoms with Gasteiger partial charge in [0.15, 0.2) is 0 Å². The summed E-state index contributed by atoms with van der Waals surface area (Å²) in [5.74, 6) is -0.158. The first kappa shape index (κ1) is 8.05. The molecule has 0 aromatic heterocycles. The number of amides is 1. The van der Waals surface area contributed by atoms with Gasteiger partial charge in [-0.15, -0.1) is 0 Å². The van der Waals surface area contributed by atoms with Crippen molar-refractivity contribution in [1.29, 1.82) is 0 Å². The zero-order valence-corrected chi connectivity index (χ0v) is 7.31. The third-order valence-corrected chi connectivity index (χ3v) is 3.47. The van der Waals surface area contributed by atoms with Gasteiger partial charge in [0.1, 0.15) is 0 Å². The maximum atomic E-state index is 11.1. The van der Waals surface area contributed by atoms with Gasteiger partial charge in [-0.25, -0.2) is 0 Å². The molecular formula is C9H16N2O. The highest BCUT2D eigenvalue weighted by atomic mass is 16.1. The number of nitrogens with one attached hydrogen (secondary N) is 1. The van der Waals surface area contributed by atoms with Gasteiger partial charge in [-0.2, -0.15) is 0 Å². The molecule has 1 spiro atoms. The van der Waals surface area contributed by atoms with Gasteiger partial charge < -0.3 is 11.1 Å². The Morgan fingerprint density at radius 3 is 2.58 bits per heavy atom. The van der Waals surface area contributed by atoms with Gasteiger partial charge in [-0.05, 0) is 31.2 Å². The van der Waals surface area contributed by atoms with E-state index in [9.17, 15) is 4.79 Å². The molecule has 1 amide bonds. The fraction of sp³-hybridized carbons (Fsp3) is 0.889. The summed E-state index contributed by atoms with van der Waals surface area (Å²) in [4.78, 5) is 11.1. The highest BCUT2D eigenvalue weighted by molar-refractivity contribution is 5.81. The van der Waals surface area contributed by atoms with Gasteiger partial charge in [-0.1, -0.05) is 12.8 Å². The highest BCUT2D eigenvalue weighted by Crippen LogP contribution is 2.46. The Labute approximate surface area is 72.7 Å². The van der Waals surface area contributed by atoms with Crippen LogP contribution in [0.25, 0.3) is 0 Å². The molecule has 3 heteroatoms. The average Bonchev–Trinajstić information content (AvgIpc) is 2.61.